The van der Waals surface area contributed by atoms with Gasteiger partial charge in [-0.3, -0.25) is 4.79 Å². The van der Waals surface area contributed by atoms with E-state index in [0.717, 1.165) is 44.8 Å². The molecule has 1 aromatic rings. The topological polar surface area (TPSA) is 64.4 Å². The summed E-state index contributed by atoms with van der Waals surface area (Å²) in [6, 6.07) is 5.27. The first-order chi connectivity index (χ1) is 12.1. The zero-order valence-electron chi connectivity index (χ0n) is 13.9. The fraction of sp³-hybridized carbons (Fsp3) is 0.529. The quantitative estimate of drug-likeness (QED) is 0.714. The number of quaternary nitrogens is 1. The van der Waals surface area contributed by atoms with Crippen LogP contribution in [0.25, 0.3) is 0 Å². The van der Waals surface area contributed by atoms with Crippen molar-refractivity contribution in [3.8, 4) is 0 Å². The van der Waals surface area contributed by atoms with Gasteiger partial charge < -0.3 is 19.8 Å². The highest BCUT2D eigenvalue weighted by Crippen LogP contribution is 2.25. The third-order valence-electron chi connectivity index (χ3n) is 4.42. The fourth-order valence-electron chi connectivity index (χ4n) is 2.94. The number of rotatable bonds is 6. The Kier molecular flexibility index (Phi) is 6.53. The Morgan fingerprint density at radius 1 is 1.28 bits per heavy atom. The van der Waals surface area contributed by atoms with Gasteiger partial charge in [0.2, 0.25) is 6.10 Å². The van der Waals surface area contributed by atoms with Crippen LogP contribution in [0.15, 0.2) is 23.4 Å². The van der Waals surface area contributed by atoms with Gasteiger partial charge in [-0.15, -0.1) is 0 Å². The largest absolute Gasteiger partial charge is 0.382 e. The molecule has 0 bridgehead atoms. The number of ether oxygens (including phenoxy) is 1. The third kappa shape index (κ3) is 5.07. The van der Waals surface area contributed by atoms with Gasteiger partial charge in [-0.25, -0.2) is 0 Å². The van der Waals surface area contributed by atoms with Crippen molar-refractivity contribution in [1.29, 1.82) is 0 Å². The molecule has 3 rings (SSSR count). The third-order valence-corrected chi connectivity index (χ3v) is 5.16. The van der Waals surface area contributed by atoms with Crippen molar-refractivity contribution in [1.82, 2.24) is 5.32 Å². The van der Waals surface area contributed by atoms with E-state index in [4.69, 9.17) is 32.8 Å². The number of carbonyl (C=O) groups excluding carboxylic acids is 1. The van der Waals surface area contributed by atoms with Gasteiger partial charge in [-0.1, -0.05) is 34.4 Å². The molecule has 6 nitrogen and oxygen atoms in total. The average Bonchev–Trinajstić information content (AvgIpc) is 3.12. The Balaban J connectivity index is 1.40. The minimum Gasteiger partial charge on any atom is -0.382 e. The number of hydrogen-bond acceptors (Lipinski definition) is 4. The van der Waals surface area contributed by atoms with Crippen LogP contribution in [0.5, 0.6) is 0 Å². The summed E-state index contributed by atoms with van der Waals surface area (Å²) in [5.41, 5.74) is 1.53. The molecule has 1 fully saturated rings. The van der Waals surface area contributed by atoms with Crippen molar-refractivity contribution >= 4 is 34.8 Å². The van der Waals surface area contributed by atoms with Gasteiger partial charge in [0, 0.05) is 24.9 Å². The predicted octanol–water partition coefficient (Wildman–Crippen LogP) is 0.908. The first-order valence-electron chi connectivity index (χ1n) is 8.50. The lowest BCUT2D eigenvalue weighted by atomic mass is 10.0. The Labute approximate surface area is 157 Å². The molecule has 0 unspecified atom stereocenters. The molecule has 2 aliphatic heterocycles. The van der Waals surface area contributed by atoms with E-state index in [1.54, 1.807) is 12.1 Å². The molecule has 0 saturated carbocycles. The number of carbonyl (C=O) groups is 1. The number of nitrogens with one attached hydrogen (secondary N) is 2. The van der Waals surface area contributed by atoms with Crippen molar-refractivity contribution in [2.75, 3.05) is 39.4 Å². The highest BCUT2D eigenvalue weighted by Gasteiger charge is 2.28. The van der Waals surface area contributed by atoms with Gasteiger partial charge in [-0.2, -0.15) is 0 Å². The summed E-state index contributed by atoms with van der Waals surface area (Å²) in [5.74, 6) is -0.129. The molecule has 0 spiro atoms. The molecule has 1 atom stereocenters. The van der Waals surface area contributed by atoms with E-state index in [-0.39, 0.29) is 5.91 Å². The van der Waals surface area contributed by atoms with Crippen molar-refractivity contribution in [2.24, 2.45) is 5.16 Å². The molecular weight excluding hydrogens is 365 g/mol. The number of halogens is 2. The highest BCUT2D eigenvalue weighted by molar-refractivity contribution is 6.42. The second-order valence-corrected chi connectivity index (χ2v) is 7.04. The van der Waals surface area contributed by atoms with Crippen LogP contribution in [0, 0.1) is 0 Å². The molecule has 1 amide bonds. The van der Waals surface area contributed by atoms with Gasteiger partial charge in [0.05, 0.1) is 35.5 Å². The molecule has 1 aromatic carbocycles. The van der Waals surface area contributed by atoms with E-state index in [9.17, 15) is 4.79 Å². The summed E-state index contributed by atoms with van der Waals surface area (Å²) in [6.45, 7) is 5.42. The number of nitrogens with zero attached hydrogens (tertiary/aromatic N) is 1. The zero-order chi connectivity index (χ0) is 17.6. The molecule has 2 aliphatic rings. The van der Waals surface area contributed by atoms with E-state index in [2.05, 4.69) is 10.5 Å². The van der Waals surface area contributed by atoms with E-state index < -0.39 is 6.10 Å². The lowest BCUT2D eigenvalue weighted by molar-refractivity contribution is -0.908. The fourth-order valence-corrected chi connectivity index (χ4v) is 3.24. The molecule has 1 saturated heterocycles. The molecule has 25 heavy (non-hydrogen) atoms. The van der Waals surface area contributed by atoms with Crippen LogP contribution in [-0.4, -0.2) is 57.1 Å². The van der Waals surface area contributed by atoms with E-state index >= 15 is 0 Å². The van der Waals surface area contributed by atoms with Crippen LogP contribution < -0.4 is 10.2 Å². The smallest absolute Gasteiger partial charge is 0.264 e. The van der Waals surface area contributed by atoms with Crippen molar-refractivity contribution in [3.05, 3.63) is 33.8 Å². The number of amides is 1. The maximum Gasteiger partial charge on any atom is 0.264 e. The first-order valence-corrected chi connectivity index (χ1v) is 9.26. The van der Waals surface area contributed by atoms with Gasteiger partial charge in [-0.05, 0) is 12.1 Å². The Morgan fingerprint density at radius 2 is 2.08 bits per heavy atom. The summed E-state index contributed by atoms with van der Waals surface area (Å²) in [7, 11) is 0. The van der Waals surface area contributed by atoms with Gasteiger partial charge in [0.1, 0.15) is 13.1 Å². The summed E-state index contributed by atoms with van der Waals surface area (Å²) in [5, 5.41) is 7.89. The number of hydrogen-bond donors (Lipinski definition) is 2. The van der Waals surface area contributed by atoms with Gasteiger partial charge in [0.25, 0.3) is 5.91 Å². The molecule has 0 aliphatic carbocycles. The number of benzene rings is 1. The second kappa shape index (κ2) is 8.85. The minimum atomic E-state index is -0.583. The summed E-state index contributed by atoms with van der Waals surface area (Å²) in [6.07, 6.45) is 0.785. The lowest BCUT2D eigenvalue weighted by Gasteiger charge is -2.23. The van der Waals surface area contributed by atoms with E-state index in [0.29, 0.717) is 28.7 Å². The van der Waals surface area contributed by atoms with Crippen molar-refractivity contribution in [3.63, 3.8) is 0 Å². The van der Waals surface area contributed by atoms with Gasteiger partial charge in [0.15, 0.2) is 0 Å². The molecular formula is C17H22Cl2N3O3+. The maximum absolute atomic E-state index is 12.2. The van der Waals surface area contributed by atoms with Gasteiger partial charge >= 0.3 is 0 Å². The van der Waals surface area contributed by atoms with Crippen LogP contribution in [0.1, 0.15) is 18.4 Å². The number of morpholine rings is 1. The second-order valence-electron chi connectivity index (χ2n) is 6.22. The summed E-state index contributed by atoms with van der Waals surface area (Å²) < 4.78 is 5.34. The van der Waals surface area contributed by atoms with E-state index in [1.807, 2.05) is 6.07 Å². The summed E-state index contributed by atoms with van der Waals surface area (Å²) >= 11 is 11.9. The summed E-state index contributed by atoms with van der Waals surface area (Å²) in [4.78, 5) is 19.0. The van der Waals surface area contributed by atoms with Crippen LogP contribution in [0.3, 0.4) is 0 Å². The lowest BCUT2D eigenvalue weighted by Crippen LogP contribution is -3.14. The SMILES string of the molecule is O=C(NCCC[NH+]1CCOCC1)[C@H]1CC(c2ccc(Cl)c(Cl)c2)=NO1. The van der Waals surface area contributed by atoms with Crippen molar-refractivity contribution < 1.29 is 19.3 Å². The zero-order valence-corrected chi connectivity index (χ0v) is 15.4. The van der Waals surface area contributed by atoms with E-state index in [1.165, 1.54) is 4.90 Å². The Morgan fingerprint density at radius 3 is 2.84 bits per heavy atom. The van der Waals surface area contributed by atoms with Crippen LogP contribution in [0.2, 0.25) is 10.0 Å². The molecule has 0 aromatic heterocycles. The van der Waals surface area contributed by atoms with Crippen molar-refractivity contribution in [2.45, 2.75) is 18.9 Å². The molecule has 2 N–H and O–H groups in total. The maximum atomic E-state index is 12.2. The molecule has 8 heteroatoms. The monoisotopic (exact) mass is 386 g/mol. The highest BCUT2D eigenvalue weighted by atomic mass is 35.5. The minimum absolute atomic E-state index is 0.129. The number of oxime groups is 1. The Bertz CT molecular complexity index is 648. The molecule has 0 radical (unpaired) electrons. The average molecular weight is 387 g/mol. The standard InChI is InChI=1S/C17H21Cl2N3O3/c18-13-3-2-12(10-14(13)19)15-11-16(25-21-15)17(23)20-4-1-5-22-6-8-24-9-7-22/h2-3,10,16H,1,4-9,11H2,(H,20,23)/p+1/t16-/m1/s1. The predicted molar refractivity (Wildman–Crippen MR) is 96.5 cm³/mol. The van der Waals surface area contributed by atoms with Crippen LogP contribution in [-0.2, 0) is 14.4 Å². The van der Waals surface area contributed by atoms with Crippen LogP contribution in [0.4, 0.5) is 0 Å². The molecule has 2 heterocycles. The Hall–Kier alpha value is -1.34. The first kappa shape index (κ1) is 18.5. The normalized spacial score (nSPS) is 20.9. The van der Waals surface area contributed by atoms with Crippen LogP contribution >= 0.6 is 23.2 Å². The molecule has 136 valence electrons.